The van der Waals surface area contributed by atoms with Crippen LogP contribution in [0, 0.1) is 0 Å². The topological polar surface area (TPSA) is 6.48 Å². The molecule has 0 saturated carbocycles. The Morgan fingerprint density at radius 2 is 0.957 bits per heavy atom. The van der Waals surface area contributed by atoms with Crippen molar-refractivity contribution in [1.29, 1.82) is 0 Å². The second kappa shape index (κ2) is 19.0. The Hall–Kier alpha value is -5.60. The van der Waals surface area contributed by atoms with Gasteiger partial charge in [0.2, 0.25) is 0 Å². The highest BCUT2D eigenvalue weighted by atomic mass is 15.2. The highest BCUT2D eigenvalue weighted by Gasteiger charge is 2.12. The Morgan fingerprint density at radius 3 is 1.34 bits per heavy atom. The highest BCUT2D eigenvalue weighted by Crippen LogP contribution is 2.28. The molecule has 0 aliphatic heterocycles. The second-order valence-electron chi connectivity index (χ2n) is 10.7. The lowest BCUT2D eigenvalue weighted by Gasteiger charge is -2.27. The minimum absolute atomic E-state index is 0.918. The highest BCUT2D eigenvalue weighted by molar-refractivity contribution is 5.75. The molecular weight excluding hydrogens is 569 g/mol. The van der Waals surface area contributed by atoms with Crippen LogP contribution in [0.15, 0.2) is 182 Å². The Kier molecular flexibility index (Phi) is 14.5. The van der Waals surface area contributed by atoms with Crippen molar-refractivity contribution in [3.05, 3.63) is 204 Å². The third kappa shape index (κ3) is 10.5. The maximum absolute atomic E-state index is 4.28. The molecule has 0 spiro atoms. The average Bonchev–Trinajstić information content (AvgIpc) is 3.11. The van der Waals surface area contributed by atoms with E-state index in [0.29, 0.717) is 0 Å². The first-order valence-corrected chi connectivity index (χ1v) is 16.0. The van der Waals surface area contributed by atoms with Gasteiger partial charge in [-0.1, -0.05) is 135 Å². The van der Waals surface area contributed by atoms with Gasteiger partial charge in [-0.25, -0.2) is 0 Å². The van der Waals surface area contributed by atoms with E-state index in [1.807, 2.05) is 88.5 Å². The van der Waals surface area contributed by atoms with Crippen molar-refractivity contribution in [2.75, 3.05) is 9.80 Å². The van der Waals surface area contributed by atoms with Gasteiger partial charge in [-0.05, 0) is 105 Å². The fraction of sp³-hybridized carbons (Fsp3) is 0.111. The van der Waals surface area contributed by atoms with E-state index in [4.69, 9.17) is 0 Å². The molecule has 0 atom stereocenters. The minimum Gasteiger partial charge on any atom is -0.315 e. The molecule has 238 valence electrons. The number of hydrogen-bond donors (Lipinski definition) is 0. The molecule has 2 heteroatoms. The molecule has 47 heavy (non-hydrogen) atoms. The summed E-state index contributed by atoms with van der Waals surface area (Å²) in [4.78, 5) is 4.31. The van der Waals surface area contributed by atoms with Crippen LogP contribution >= 0.6 is 0 Å². The van der Waals surface area contributed by atoms with Crippen LogP contribution in [0.1, 0.15) is 56.9 Å². The molecule has 2 nitrogen and oxygen atoms in total. The summed E-state index contributed by atoms with van der Waals surface area (Å²) in [6, 6.07) is 25.6. The fourth-order valence-electron chi connectivity index (χ4n) is 4.86. The zero-order chi connectivity index (χ0) is 34.0. The Morgan fingerprint density at radius 1 is 0.532 bits per heavy atom. The van der Waals surface area contributed by atoms with Gasteiger partial charge >= 0.3 is 0 Å². The molecule has 3 aromatic rings. The van der Waals surface area contributed by atoms with E-state index in [2.05, 4.69) is 140 Å². The summed E-state index contributed by atoms with van der Waals surface area (Å²) in [6.45, 7) is 22.5. The molecule has 3 aromatic carbocycles. The smallest absolute Gasteiger partial charge is 0.0461 e. The molecule has 0 bridgehead atoms. The molecule has 0 unspecified atom stereocenters. The van der Waals surface area contributed by atoms with Crippen LogP contribution in [-0.4, -0.2) is 0 Å². The fourth-order valence-corrected chi connectivity index (χ4v) is 4.86. The van der Waals surface area contributed by atoms with E-state index in [-0.39, 0.29) is 0 Å². The lowest BCUT2D eigenvalue weighted by molar-refractivity contribution is 1.10. The standard InChI is InChI=1S/C45H48N2/c1-9-15-17-18-37(8)46(36(7)11-3)44-32-28-40(29-33-44)26-24-38-20-22-39(23-21-38)25-27-41-30-34-45(35-31-41)47(42(12-4)13-5)43(14-6)19-16-10-2/h9-35H,4,6,8H2,1-3,5,7H3/b15-9-,16-10-,18-17-,26-24+,27-25+,36-11+,42-13+,43-19+. The van der Waals surface area contributed by atoms with Crippen LogP contribution in [0.4, 0.5) is 11.4 Å². The summed E-state index contributed by atoms with van der Waals surface area (Å²) < 4.78 is 0. The Balaban J connectivity index is 1.70. The monoisotopic (exact) mass is 616 g/mol. The zero-order valence-electron chi connectivity index (χ0n) is 28.6. The average molecular weight is 617 g/mol. The predicted molar refractivity (Wildman–Crippen MR) is 212 cm³/mol. The number of rotatable bonds is 15. The molecule has 0 aliphatic rings. The van der Waals surface area contributed by atoms with Gasteiger partial charge in [-0.3, -0.25) is 0 Å². The third-order valence-corrected chi connectivity index (χ3v) is 7.52. The molecule has 0 fully saturated rings. The maximum Gasteiger partial charge on any atom is 0.0461 e. The summed E-state index contributed by atoms with van der Waals surface area (Å²) in [5, 5.41) is 0. The molecule has 0 N–H and O–H groups in total. The number of hydrogen-bond acceptors (Lipinski definition) is 2. The SMILES string of the molecule is C=C/C(=C\C)N(/C(C=C)=C/C=C\C)c1ccc(/C=C/c2ccc(/C=C/c3ccc(N(C(=C)/C=C\C=C/C)/C(C)=C/C)cc3)cc2)cc1. The summed E-state index contributed by atoms with van der Waals surface area (Å²) in [5.74, 6) is 0. The van der Waals surface area contributed by atoms with Crippen LogP contribution in [0.3, 0.4) is 0 Å². The van der Waals surface area contributed by atoms with Gasteiger partial charge in [0.25, 0.3) is 0 Å². The molecule has 0 amide bonds. The molecule has 0 heterocycles. The minimum atomic E-state index is 0.918. The largest absolute Gasteiger partial charge is 0.315 e. The predicted octanol–water partition coefficient (Wildman–Crippen LogP) is 12.9. The Labute approximate surface area is 283 Å². The Bertz CT molecular complexity index is 1730. The van der Waals surface area contributed by atoms with Crippen molar-refractivity contribution in [3.63, 3.8) is 0 Å². The first-order valence-electron chi connectivity index (χ1n) is 16.0. The van der Waals surface area contributed by atoms with Crippen LogP contribution in [0.5, 0.6) is 0 Å². The normalized spacial score (nSPS) is 13.0. The van der Waals surface area contributed by atoms with E-state index in [1.165, 1.54) is 0 Å². The van der Waals surface area contributed by atoms with E-state index in [9.17, 15) is 0 Å². The third-order valence-electron chi connectivity index (χ3n) is 7.52. The van der Waals surface area contributed by atoms with Gasteiger partial charge in [0.05, 0.1) is 0 Å². The van der Waals surface area contributed by atoms with E-state index >= 15 is 0 Å². The van der Waals surface area contributed by atoms with Crippen molar-refractivity contribution in [1.82, 2.24) is 0 Å². The molecule has 0 radical (unpaired) electrons. The van der Waals surface area contributed by atoms with Crippen LogP contribution in [-0.2, 0) is 0 Å². The molecule has 0 aliphatic carbocycles. The van der Waals surface area contributed by atoms with Gasteiger partial charge in [-0.2, -0.15) is 0 Å². The van der Waals surface area contributed by atoms with Crippen LogP contribution < -0.4 is 9.80 Å². The summed E-state index contributed by atoms with van der Waals surface area (Å²) >= 11 is 0. The number of anilines is 2. The first kappa shape index (κ1) is 35.9. The van der Waals surface area contributed by atoms with Crippen molar-refractivity contribution in [2.45, 2.75) is 34.6 Å². The summed E-state index contributed by atoms with van der Waals surface area (Å²) in [7, 11) is 0. The van der Waals surface area contributed by atoms with Gasteiger partial charge in [0.1, 0.15) is 0 Å². The number of nitrogens with zero attached hydrogens (tertiary/aromatic N) is 2. The molecule has 3 rings (SSSR count). The lowest BCUT2D eigenvalue weighted by Crippen LogP contribution is -2.19. The van der Waals surface area contributed by atoms with E-state index in [1.54, 1.807) is 0 Å². The second-order valence-corrected chi connectivity index (χ2v) is 10.7. The van der Waals surface area contributed by atoms with Gasteiger partial charge in [0.15, 0.2) is 0 Å². The molecular formula is C45H48N2. The van der Waals surface area contributed by atoms with Gasteiger partial charge in [-0.15, -0.1) is 0 Å². The lowest BCUT2D eigenvalue weighted by atomic mass is 10.1. The maximum atomic E-state index is 4.28. The van der Waals surface area contributed by atoms with Gasteiger partial charge in [0, 0.05) is 34.2 Å². The summed E-state index contributed by atoms with van der Waals surface area (Å²) in [6.07, 6.45) is 30.5. The van der Waals surface area contributed by atoms with E-state index in [0.717, 1.165) is 56.4 Å². The quantitative estimate of drug-likeness (QED) is 0.124. The van der Waals surface area contributed by atoms with Crippen molar-refractivity contribution in [2.24, 2.45) is 0 Å². The van der Waals surface area contributed by atoms with Crippen molar-refractivity contribution in [3.8, 4) is 0 Å². The zero-order valence-corrected chi connectivity index (χ0v) is 28.6. The van der Waals surface area contributed by atoms with Crippen LogP contribution in [0.25, 0.3) is 24.3 Å². The van der Waals surface area contributed by atoms with Crippen LogP contribution in [0.2, 0.25) is 0 Å². The van der Waals surface area contributed by atoms with Crippen molar-refractivity contribution < 1.29 is 0 Å². The molecule has 0 saturated heterocycles. The van der Waals surface area contributed by atoms with Crippen molar-refractivity contribution >= 4 is 35.7 Å². The number of allylic oxidation sites excluding steroid dienone is 12. The molecule has 0 aromatic heterocycles. The van der Waals surface area contributed by atoms with E-state index < -0.39 is 0 Å². The number of benzene rings is 3. The van der Waals surface area contributed by atoms with Gasteiger partial charge < -0.3 is 9.80 Å². The first-order chi connectivity index (χ1) is 22.9. The summed E-state index contributed by atoms with van der Waals surface area (Å²) in [5.41, 5.74) is 10.7.